The van der Waals surface area contributed by atoms with Crippen molar-refractivity contribution in [3.8, 4) is 11.8 Å². The van der Waals surface area contributed by atoms with Crippen molar-refractivity contribution in [2.24, 2.45) is 5.92 Å². The zero-order valence-corrected chi connectivity index (χ0v) is 14.8. The predicted octanol–water partition coefficient (Wildman–Crippen LogP) is 3.44. The number of ether oxygens (including phenoxy) is 1. The van der Waals surface area contributed by atoms with Crippen molar-refractivity contribution >= 4 is 16.8 Å². The number of H-pyrrole nitrogens is 1. The number of benzene rings is 1. The van der Waals surface area contributed by atoms with Crippen molar-refractivity contribution < 1.29 is 4.74 Å². The minimum absolute atomic E-state index is 0.119. The third-order valence-corrected chi connectivity index (χ3v) is 5.42. The van der Waals surface area contributed by atoms with E-state index >= 15 is 0 Å². The molecule has 7 heteroatoms. The summed E-state index contributed by atoms with van der Waals surface area (Å²) in [6.45, 7) is 2.24. The molecule has 0 aliphatic heterocycles. The van der Waals surface area contributed by atoms with Crippen molar-refractivity contribution in [1.82, 2.24) is 24.6 Å². The van der Waals surface area contributed by atoms with E-state index in [1.165, 1.54) is 0 Å². The molecule has 7 nitrogen and oxygen atoms in total. The first-order valence-electron chi connectivity index (χ1n) is 9.07. The fourth-order valence-electron chi connectivity index (χ4n) is 4.09. The molecule has 0 spiro atoms. The summed E-state index contributed by atoms with van der Waals surface area (Å²) >= 11 is 0. The Morgan fingerprint density at radius 2 is 2.04 bits per heavy atom. The fraction of sp³-hybridized carbons (Fsp3) is 0.300. The highest BCUT2D eigenvalue weighted by Crippen LogP contribution is 2.41. The van der Waals surface area contributed by atoms with Crippen LogP contribution in [-0.2, 0) is 0 Å². The fourth-order valence-corrected chi connectivity index (χ4v) is 4.09. The first-order valence-corrected chi connectivity index (χ1v) is 9.07. The average molecular weight is 358 g/mol. The first kappa shape index (κ1) is 15.8. The molecular weight excluding hydrogens is 340 g/mol. The average Bonchev–Trinajstić information content (AvgIpc) is 3.39. The molecule has 1 aromatic carbocycles. The molecule has 0 bridgehead atoms. The quantitative estimate of drug-likeness (QED) is 0.606. The molecule has 3 atom stereocenters. The van der Waals surface area contributed by atoms with E-state index in [0.717, 1.165) is 41.2 Å². The molecule has 0 unspecified atom stereocenters. The Bertz CT molecular complexity index is 1150. The van der Waals surface area contributed by atoms with Gasteiger partial charge in [-0.15, -0.1) is 10.2 Å². The van der Waals surface area contributed by atoms with Gasteiger partial charge in [-0.1, -0.05) is 6.92 Å². The van der Waals surface area contributed by atoms with E-state index in [0.29, 0.717) is 11.5 Å². The van der Waals surface area contributed by atoms with Crippen LogP contribution in [-0.4, -0.2) is 30.7 Å². The van der Waals surface area contributed by atoms with Crippen molar-refractivity contribution in [3.05, 3.63) is 54.1 Å². The molecule has 1 aliphatic rings. The van der Waals surface area contributed by atoms with Crippen LogP contribution in [0.4, 0.5) is 0 Å². The summed E-state index contributed by atoms with van der Waals surface area (Å²) in [6.07, 6.45) is 5.60. The van der Waals surface area contributed by atoms with E-state index in [1.54, 1.807) is 18.3 Å². The second-order valence-corrected chi connectivity index (χ2v) is 7.15. The standard InChI is InChI=1S/C20H18N6O/c1-12-8-15(27-14-4-2-13(10-21)3-5-14)9-16(12)20-25-24-18-11-23-19-17(26(18)20)6-7-22-19/h2-7,11-12,15-16,22H,8-9H2,1H3/t12-,15-,16+/m0/s1. The van der Waals surface area contributed by atoms with Gasteiger partial charge < -0.3 is 9.72 Å². The highest BCUT2D eigenvalue weighted by atomic mass is 16.5. The molecule has 0 saturated heterocycles. The van der Waals surface area contributed by atoms with Gasteiger partial charge in [0.25, 0.3) is 0 Å². The van der Waals surface area contributed by atoms with Crippen LogP contribution in [0.1, 0.15) is 37.1 Å². The lowest BCUT2D eigenvalue weighted by atomic mass is 9.97. The first-order chi connectivity index (χ1) is 13.2. The number of nitrogens with one attached hydrogen (secondary N) is 1. The maximum absolute atomic E-state index is 8.92. The molecule has 1 fully saturated rings. The van der Waals surface area contributed by atoms with Crippen LogP contribution in [0, 0.1) is 17.2 Å². The van der Waals surface area contributed by atoms with E-state index < -0.39 is 0 Å². The number of rotatable bonds is 3. The number of aromatic amines is 1. The molecule has 1 N–H and O–H groups in total. The van der Waals surface area contributed by atoms with E-state index in [9.17, 15) is 0 Å². The third kappa shape index (κ3) is 2.61. The van der Waals surface area contributed by atoms with Gasteiger partial charge >= 0.3 is 0 Å². The molecule has 3 aromatic heterocycles. The lowest BCUT2D eigenvalue weighted by Crippen LogP contribution is -2.12. The van der Waals surface area contributed by atoms with Crippen LogP contribution in [0.5, 0.6) is 5.75 Å². The summed E-state index contributed by atoms with van der Waals surface area (Å²) in [6, 6.07) is 11.4. The molecule has 3 heterocycles. The van der Waals surface area contributed by atoms with Gasteiger partial charge in [-0.05, 0) is 49.1 Å². The number of aromatic nitrogens is 5. The maximum atomic E-state index is 8.92. The highest BCUT2D eigenvalue weighted by molar-refractivity contribution is 5.74. The van der Waals surface area contributed by atoms with Gasteiger partial charge in [-0.25, -0.2) is 4.98 Å². The van der Waals surface area contributed by atoms with Gasteiger partial charge in [-0.2, -0.15) is 5.26 Å². The minimum atomic E-state index is 0.119. The Morgan fingerprint density at radius 1 is 1.19 bits per heavy atom. The van der Waals surface area contributed by atoms with Crippen LogP contribution in [0.2, 0.25) is 0 Å². The summed E-state index contributed by atoms with van der Waals surface area (Å²) in [5.41, 5.74) is 3.23. The maximum Gasteiger partial charge on any atom is 0.179 e. The Kier molecular flexibility index (Phi) is 3.57. The zero-order chi connectivity index (χ0) is 18.4. The van der Waals surface area contributed by atoms with E-state index in [2.05, 4.69) is 37.6 Å². The second-order valence-electron chi connectivity index (χ2n) is 7.15. The van der Waals surface area contributed by atoms with Crippen molar-refractivity contribution in [3.63, 3.8) is 0 Å². The monoisotopic (exact) mass is 358 g/mol. The topological polar surface area (TPSA) is 91.9 Å². The van der Waals surface area contributed by atoms with Crippen molar-refractivity contribution in [2.75, 3.05) is 0 Å². The SMILES string of the molecule is C[C@H]1C[C@H](Oc2ccc(C#N)cc2)C[C@H]1c1nnc2cnc3[nH]ccc3n12. The largest absolute Gasteiger partial charge is 0.490 e. The van der Waals surface area contributed by atoms with E-state index in [1.807, 2.05) is 24.4 Å². The molecule has 0 amide bonds. The lowest BCUT2D eigenvalue weighted by molar-refractivity contribution is 0.204. The summed E-state index contributed by atoms with van der Waals surface area (Å²) in [5, 5.41) is 17.7. The Hall–Kier alpha value is -3.40. The number of hydrogen-bond donors (Lipinski definition) is 1. The van der Waals surface area contributed by atoms with Gasteiger partial charge in [0.2, 0.25) is 0 Å². The van der Waals surface area contributed by atoms with Crippen molar-refractivity contribution in [1.29, 1.82) is 5.26 Å². The zero-order valence-electron chi connectivity index (χ0n) is 14.8. The van der Waals surface area contributed by atoms with E-state index in [4.69, 9.17) is 10.00 Å². The summed E-state index contributed by atoms with van der Waals surface area (Å²) in [7, 11) is 0. The Morgan fingerprint density at radius 3 is 2.85 bits per heavy atom. The molecule has 1 saturated carbocycles. The molecule has 1 aliphatic carbocycles. The van der Waals surface area contributed by atoms with E-state index in [-0.39, 0.29) is 12.0 Å². The Balaban J connectivity index is 1.43. The molecule has 134 valence electrons. The van der Waals surface area contributed by atoms with Crippen LogP contribution in [0.3, 0.4) is 0 Å². The smallest absolute Gasteiger partial charge is 0.179 e. The van der Waals surface area contributed by atoms with Gasteiger partial charge in [0.05, 0.1) is 29.5 Å². The molecule has 4 aromatic rings. The van der Waals surface area contributed by atoms with Crippen LogP contribution >= 0.6 is 0 Å². The van der Waals surface area contributed by atoms with Crippen LogP contribution < -0.4 is 4.74 Å². The highest BCUT2D eigenvalue weighted by Gasteiger charge is 2.36. The minimum Gasteiger partial charge on any atom is -0.490 e. The van der Waals surface area contributed by atoms with Gasteiger partial charge in [-0.3, -0.25) is 4.40 Å². The van der Waals surface area contributed by atoms with Crippen molar-refractivity contribution in [2.45, 2.75) is 31.8 Å². The number of hydrogen-bond acceptors (Lipinski definition) is 5. The molecule has 5 rings (SSSR count). The number of nitrogens with zero attached hydrogens (tertiary/aromatic N) is 5. The van der Waals surface area contributed by atoms with Crippen LogP contribution in [0.15, 0.2) is 42.7 Å². The summed E-state index contributed by atoms with van der Waals surface area (Å²) in [4.78, 5) is 7.53. The third-order valence-electron chi connectivity index (χ3n) is 5.42. The number of fused-ring (bicyclic) bond motifs is 3. The summed E-state index contributed by atoms with van der Waals surface area (Å²) < 4.78 is 8.27. The van der Waals surface area contributed by atoms with Gasteiger partial charge in [0, 0.05) is 12.1 Å². The molecule has 27 heavy (non-hydrogen) atoms. The Labute approximate surface area is 155 Å². The second kappa shape index (κ2) is 6.09. The lowest BCUT2D eigenvalue weighted by Gasteiger charge is -2.14. The molecule has 0 radical (unpaired) electrons. The predicted molar refractivity (Wildman–Crippen MR) is 99.4 cm³/mol. The number of nitriles is 1. The van der Waals surface area contributed by atoms with Gasteiger partial charge in [0.1, 0.15) is 11.6 Å². The normalized spacial score (nSPS) is 22.3. The molecular formula is C20H18N6O. The summed E-state index contributed by atoms with van der Waals surface area (Å²) in [5.74, 6) is 2.47. The van der Waals surface area contributed by atoms with Gasteiger partial charge in [0.15, 0.2) is 11.3 Å². The van der Waals surface area contributed by atoms with Crippen LogP contribution in [0.25, 0.3) is 16.8 Å².